The Morgan fingerprint density at radius 1 is 1.27 bits per heavy atom. The number of hydrogen-bond donors (Lipinski definition) is 1. The Hall–Kier alpha value is -0.760. The molecule has 1 aliphatic carbocycles. The van der Waals surface area contributed by atoms with Gasteiger partial charge in [-0.1, -0.05) is 38.5 Å². The minimum atomic E-state index is 0.100. The quantitative estimate of drug-likeness (QED) is 0.768. The van der Waals surface area contributed by atoms with E-state index in [-0.39, 0.29) is 6.04 Å². The summed E-state index contributed by atoms with van der Waals surface area (Å²) in [5.74, 6) is 1.76. The van der Waals surface area contributed by atoms with E-state index in [9.17, 15) is 0 Å². The summed E-state index contributed by atoms with van der Waals surface area (Å²) in [4.78, 5) is 0. The third-order valence-electron chi connectivity index (χ3n) is 3.47. The molecule has 1 heterocycles. The van der Waals surface area contributed by atoms with Crippen LogP contribution in [0.25, 0.3) is 0 Å². The lowest BCUT2D eigenvalue weighted by molar-refractivity contribution is 0.358. The third kappa shape index (κ3) is 3.10. The van der Waals surface area contributed by atoms with Crippen LogP contribution in [-0.2, 0) is 0 Å². The molecule has 0 spiro atoms. The molecule has 2 nitrogen and oxygen atoms in total. The summed E-state index contributed by atoms with van der Waals surface area (Å²) < 4.78 is 5.34. The zero-order valence-electron chi connectivity index (χ0n) is 9.32. The zero-order valence-corrected chi connectivity index (χ0v) is 9.32. The Labute approximate surface area is 91.8 Å². The fourth-order valence-electron chi connectivity index (χ4n) is 2.58. The van der Waals surface area contributed by atoms with Gasteiger partial charge in [-0.2, -0.15) is 0 Å². The van der Waals surface area contributed by atoms with Gasteiger partial charge in [0.25, 0.3) is 0 Å². The van der Waals surface area contributed by atoms with Crippen molar-refractivity contribution in [1.29, 1.82) is 0 Å². The standard InChI is InChI=1S/C13H21NO/c14-12(13-8-5-9-15-13)10-11-6-3-1-2-4-7-11/h5,8-9,11-12H,1-4,6-7,10,14H2. The first-order valence-corrected chi connectivity index (χ1v) is 6.15. The minimum Gasteiger partial charge on any atom is -0.468 e. The van der Waals surface area contributed by atoms with Crippen molar-refractivity contribution < 1.29 is 4.42 Å². The third-order valence-corrected chi connectivity index (χ3v) is 3.47. The van der Waals surface area contributed by atoms with E-state index in [1.807, 2.05) is 12.1 Å². The molecule has 1 aromatic heterocycles. The lowest BCUT2D eigenvalue weighted by atomic mass is 9.92. The highest BCUT2D eigenvalue weighted by molar-refractivity contribution is 5.03. The van der Waals surface area contributed by atoms with E-state index in [4.69, 9.17) is 10.2 Å². The average Bonchev–Trinajstić information content (AvgIpc) is 2.65. The van der Waals surface area contributed by atoms with Crippen LogP contribution in [0, 0.1) is 5.92 Å². The van der Waals surface area contributed by atoms with Crippen LogP contribution >= 0.6 is 0 Å². The molecule has 0 bridgehead atoms. The summed E-state index contributed by atoms with van der Waals surface area (Å²) in [5.41, 5.74) is 6.13. The molecule has 1 unspecified atom stereocenters. The van der Waals surface area contributed by atoms with E-state index in [0.29, 0.717) is 0 Å². The molecule has 1 fully saturated rings. The summed E-state index contributed by atoms with van der Waals surface area (Å²) in [7, 11) is 0. The highest BCUT2D eigenvalue weighted by atomic mass is 16.3. The lowest BCUT2D eigenvalue weighted by Crippen LogP contribution is -2.14. The predicted octanol–water partition coefficient (Wildman–Crippen LogP) is 3.64. The topological polar surface area (TPSA) is 39.2 Å². The second-order valence-electron chi connectivity index (χ2n) is 4.72. The summed E-state index contributed by atoms with van der Waals surface area (Å²) in [5, 5.41) is 0. The molecular formula is C13H21NO. The number of nitrogens with two attached hydrogens (primary N) is 1. The fourth-order valence-corrected chi connectivity index (χ4v) is 2.58. The summed E-state index contributed by atoms with van der Waals surface area (Å²) >= 11 is 0. The maximum Gasteiger partial charge on any atom is 0.120 e. The van der Waals surface area contributed by atoms with Gasteiger partial charge in [-0.05, 0) is 24.5 Å². The molecule has 84 valence electrons. The second-order valence-corrected chi connectivity index (χ2v) is 4.72. The van der Waals surface area contributed by atoms with E-state index < -0.39 is 0 Å². The smallest absolute Gasteiger partial charge is 0.120 e. The molecule has 1 aliphatic rings. The van der Waals surface area contributed by atoms with Gasteiger partial charge in [-0.25, -0.2) is 0 Å². The molecule has 0 saturated heterocycles. The van der Waals surface area contributed by atoms with Crippen LogP contribution in [0.5, 0.6) is 0 Å². The molecule has 1 atom stereocenters. The highest BCUT2D eigenvalue weighted by Gasteiger charge is 2.18. The molecular weight excluding hydrogens is 186 g/mol. The molecule has 0 radical (unpaired) electrons. The highest BCUT2D eigenvalue weighted by Crippen LogP contribution is 2.29. The molecule has 0 aliphatic heterocycles. The van der Waals surface area contributed by atoms with Gasteiger partial charge in [0.05, 0.1) is 12.3 Å². The summed E-state index contributed by atoms with van der Waals surface area (Å²) in [6, 6.07) is 4.01. The number of hydrogen-bond acceptors (Lipinski definition) is 2. The van der Waals surface area contributed by atoms with Gasteiger partial charge in [-0.15, -0.1) is 0 Å². The van der Waals surface area contributed by atoms with Crippen molar-refractivity contribution in [2.24, 2.45) is 11.7 Å². The van der Waals surface area contributed by atoms with Crippen molar-refractivity contribution >= 4 is 0 Å². The van der Waals surface area contributed by atoms with E-state index in [1.54, 1.807) is 6.26 Å². The van der Waals surface area contributed by atoms with Gasteiger partial charge < -0.3 is 10.2 Å². The van der Waals surface area contributed by atoms with Crippen LogP contribution < -0.4 is 5.73 Å². The summed E-state index contributed by atoms with van der Waals surface area (Å²) in [6.07, 6.45) is 11.1. The Morgan fingerprint density at radius 2 is 2.00 bits per heavy atom. The van der Waals surface area contributed by atoms with E-state index in [1.165, 1.54) is 38.5 Å². The van der Waals surface area contributed by atoms with Crippen molar-refractivity contribution in [2.45, 2.75) is 51.0 Å². The van der Waals surface area contributed by atoms with Crippen LogP contribution in [0.3, 0.4) is 0 Å². The van der Waals surface area contributed by atoms with Crippen molar-refractivity contribution in [3.8, 4) is 0 Å². The molecule has 2 heteroatoms. The van der Waals surface area contributed by atoms with Crippen LogP contribution in [-0.4, -0.2) is 0 Å². The molecule has 15 heavy (non-hydrogen) atoms. The van der Waals surface area contributed by atoms with Crippen molar-refractivity contribution in [1.82, 2.24) is 0 Å². The Bertz CT molecular complexity index is 260. The minimum absolute atomic E-state index is 0.100. The monoisotopic (exact) mass is 207 g/mol. The van der Waals surface area contributed by atoms with Crippen LogP contribution in [0.4, 0.5) is 0 Å². The first-order valence-electron chi connectivity index (χ1n) is 6.15. The van der Waals surface area contributed by atoms with Gasteiger partial charge in [0, 0.05) is 0 Å². The molecule has 2 rings (SSSR count). The van der Waals surface area contributed by atoms with Gasteiger partial charge in [0.2, 0.25) is 0 Å². The fraction of sp³-hybridized carbons (Fsp3) is 0.692. The van der Waals surface area contributed by atoms with Gasteiger partial charge >= 0.3 is 0 Å². The molecule has 1 saturated carbocycles. The maximum absolute atomic E-state index is 6.13. The Kier molecular flexibility index (Phi) is 3.84. The molecule has 2 N–H and O–H groups in total. The maximum atomic E-state index is 6.13. The molecule has 0 aromatic carbocycles. The first kappa shape index (κ1) is 10.7. The average molecular weight is 207 g/mol. The van der Waals surface area contributed by atoms with E-state index in [2.05, 4.69) is 0 Å². The largest absolute Gasteiger partial charge is 0.468 e. The van der Waals surface area contributed by atoms with Gasteiger partial charge in [-0.3, -0.25) is 0 Å². The van der Waals surface area contributed by atoms with Crippen molar-refractivity contribution in [2.75, 3.05) is 0 Å². The normalized spacial score (nSPS) is 21.1. The van der Waals surface area contributed by atoms with Crippen LogP contribution in [0.15, 0.2) is 22.8 Å². The SMILES string of the molecule is NC(CC1CCCCCC1)c1ccco1. The van der Waals surface area contributed by atoms with E-state index >= 15 is 0 Å². The van der Waals surface area contributed by atoms with Gasteiger partial charge in [0.1, 0.15) is 5.76 Å². The second kappa shape index (κ2) is 5.36. The molecule has 1 aromatic rings. The Morgan fingerprint density at radius 3 is 2.60 bits per heavy atom. The van der Waals surface area contributed by atoms with Crippen molar-refractivity contribution in [3.05, 3.63) is 24.2 Å². The first-order chi connectivity index (χ1) is 7.36. The summed E-state index contributed by atoms with van der Waals surface area (Å²) in [6.45, 7) is 0. The van der Waals surface area contributed by atoms with Crippen LogP contribution in [0.2, 0.25) is 0 Å². The van der Waals surface area contributed by atoms with E-state index in [0.717, 1.165) is 18.1 Å². The Balaban J connectivity index is 1.84. The number of rotatable bonds is 3. The predicted molar refractivity (Wildman–Crippen MR) is 61.4 cm³/mol. The van der Waals surface area contributed by atoms with Crippen molar-refractivity contribution in [3.63, 3.8) is 0 Å². The lowest BCUT2D eigenvalue weighted by Gasteiger charge is -2.17. The number of furan rings is 1. The molecule has 0 amide bonds. The van der Waals surface area contributed by atoms with Crippen LogP contribution in [0.1, 0.15) is 56.7 Å². The zero-order chi connectivity index (χ0) is 10.5. The van der Waals surface area contributed by atoms with Gasteiger partial charge in [0.15, 0.2) is 0 Å².